The van der Waals surface area contributed by atoms with E-state index in [2.05, 4.69) is 16.1 Å². The van der Waals surface area contributed by atoms with Crippen LogP contribution in [-0.4, -0.2) is 6.54 Å². The highest BCUT2D eigenvalue weighted by atomic mass is 15.1. The van der Waals surface area contributed by atoms with Gasteiger partial charge < -0.3 is 0 Å². The lowest BCUT2D eigenvalue weighted by molar-refractivity contribution is 1.22. The third-order valence-corrected chi connectivity index (χ3v) is 1.60. The molecule has 0 spiro atoms. The standard InChI is InChI=1S/C10H11N3/c1-9-4-2-5-10(8-9)6-3-7-12-13-11/h2-6,8H,7H2,1H3. The highest BCUT2D eigenvalue weighted by molar-refractivity contribution is 5.50. The zero-order valence-corrected chi connectivity index (χ0v) is 7.51. The fourth-order valence-corrected chi connectivity index (χ4v) is 1.05. The molecular weight excluding hydrogens is 162 g/mol. The van der Waals surface area contributed by atoms with Crippen LogP contribution in [0.25, 0.3) is 16.5 Å². The van der Waals surface area contributed by atoms with Crippen molar-refractivity contribution in [3.05, 3.63) is 51.9 Å². The van der Waals surface area contributed by atoms with Gasteiger partial charge in [-0.3, -0.25) is 0 Å². The topological polar surface area (TPSA) is 48.8 Å². The average Bonchev–Trinajstić information content (AvgIpc) is 2.13. The van der Waals surface area contributed by atoms with Crippen LogP contribution in [0.2, 0.25) is 0 Å². The van der Waals surface area contributed by atoms with Crippen molar-refractivity contribution < 1.29 is 0 Å². The maximum Gasteiger partial charge on any atom is 0.0443 e. The molecule has 0 fully saturated rings. The molecule has 3 nitrogen and oxygen atoms in total. The predicted octanol–water partition coefficient (Wildman–Crippen LogP) is 3.32. The summed E-state index contributed by atoms with van der Waals surface area (Å²) in [7, 11) is 0. The molecule has 0 amide bonds. The lowest BCUT2D eigenvalue weighted by atomic mass is 10.1. The van der Waals surface area contributed by atoms with Gasteiger partial charge in [0.15, 0.2) is 0 Å². The smallest absolute Gasteiger partial charge is 0.0443 e. The van der Waals surface area contributed by atoms with E-state index in [0.717, 1.165) is 5.56 Å². The van der Waals surface area contributed by atoms with Crippen molar-refractivity contribution in [2.75, 3.05) is 6.54 Å². The quantitative estimate of drug-likeness (QED) is 0.382. The Balaban J connectivity index is 2.63. The van der Waals surface area contributed by atoms with Gasteiger partial charge in [0.1, 0.15) is 0 Å². The molecule has 0 aromatic heterocycles. The lowest BCUT2D eigenvalue weighted by Crippen LogP contribution is -1.75. The molecule has 0 atom stereocenters. The molecule has 0 aliphatic carbocycles. The van der Waals surface area contributed by atoms with E-state index in [4.69, 9.17) is 5.53 Å². The summed E-state index contributed by atoms with van der Waals surface area (Å²) in [4.78, 5) is 2.66. The molecule has 0 unspecified atom stereocenters. The van der Waals surface area contributed by atoms with Gasteiger partial charge in [0.05, 0.1) is 0 Å². The van der Waals surface area contributed by atoms with Crippen LogP contribution in [0.15, 0.2) is 35.5 Å². The maximum atomic E-state index is 8.03. The van der Waals surface area contributed by atoms with E-state index < -0.39 is 0 Å². The van der Waals surface area contributed by atoms with Crippen molar-refractivity contribution in [2.24, 2.45) is 5.11 Å². The normalized spacial score (nSPS) is 9.92. The second-order valence-corrected chi connectivity index (χ2v) is 2.73. The second-order valence-electron chi connectivity index (χ2n) is 2.73. The number of aryl methyl sites for hydroxylation is 1. The molecule has 13 heavy (non-hydrogen) atoms. The Hall–Kier alpha value is -1.73. The molecule has 66 valence electrons. The molecular formula is C10H11N3. The van der Waals surface area contributed by atoms with Gasteiger partial charge >= 0.3 is 0 Å². The van der Waals surface area contributed by atoms with Gasteiger partial charge in [-0.2, -0.15) is 0 Å². The SMILES string of the molecule is Cc1cccc(C=CCN=[N+]=[N-])c1. The van der Waals surface area contributed by atoms with Crippen LogP contribution in [0.5, 0.6) is 0 Å². The highest BCUT2D eigenvalue weighted by Gasteiger charge is 1.85. The number of hydrogen-bond donors (Lipinski definition) is 0. The molecule has 0 aliphatic heterocycles. The first-order valence-electron chi connectivity index (χ1n) is 4.07. The van der Waals surface area contributed by atoms with Crippen LogP contribution in [0.3, 0.4) is 0 Å². The molecule has 0 saturated carbocycles. The molecule has 0 heterocycles. The van der Waals surface area contributed by atoms with E-state index in [9.17, 15) is 0 Å². The van der Waals surface area contributed by atoms with Crippen molar-refractivity contribution in [1.29, 1.82) is 0 Å². The summed E-state index contributed by atoms with van der Waals surface area (Å²) in [5, 5.41) is 3.40. The molecule has 1 aromatic rings. The molecule has 1 aromatic carbocycles. The highest BCUT2D eigenvalue weighted by Crippen LogP contribution is 2.05. The zero-order valence-electron chi connectivity index (χ0n) is 7.51. The van der Waals surface area contributed by atoms with Crippen LogP contribution < -0.4 is 0 Å². The number of rotatable bonds is 3. The third kappa shape index (κ3) is 3.45. The zero-order chi connectivity index (χ0) is 9.52. The molecule has 0 saturated heterocycles. The molecule has 0 aliphatic rings. The first-order valence-corrected chi connectivity index (χ1v) is 4.07. The summed E-state index contributed by atoms with van der Waals surface area (Å²) < 4.78 is 0. The molecule has 0 N–H and O–H groups in total. The Kier molecular flexibility index (Phi) is 3.61. The van der Waals surface area contributed by atoms with Gasteiger partial charge in [-0.1, -0.05) is 47.1 Å². The van der Waals surface area contributed by atoms with Crippen LogP contribution in [-0.2, 0) is 0 Å². The molecule has 3 heteroatoms. The Morgan fingerprint density at radius 1 is 1.54 bits per heavy atom. The van der Waals surface area contributed by atoms with Gasteiger partial charge in [-0.15, -0.1) is 0 Å². The van der Waals surface area contributed by atoms with Crippen molar-refractivity contribution in [3.8, 4) is 0 Å². The van der Waals surface area contributed by atoms with Crippen LogP contribution in [0.4, 0.5) is 0 Å². The van der Waals surface area contributed by atoms with Gasteiger partial charge in [0, 0.05) is 11.5 Å². The maximum absolute atomic E-state index is 8.03. The first-order chi connectivity index (χ1) is 6.33. The predicted molar refractivity (Wildman–Crippen MR) is 54.2 cm³/mol. The monoisotopic (exact) mass is 173 g/mol. The Morgan fingerprint density at radius 2 is 2.38 bits per heavy atom. The first kappa shape index (κ1) is 9.36. The minimum absolute atomic E-state index is 0.407. The Labute approximate surface area is 77.3 Å². The van der Waals surface area contributed by atoms with Gasteiger partial charge in [-0.05, 0) is 18.0 Å². The summed E-state index contributed by atoms with van der Waals surface area (Å²) in [5.74, 6) is 0. The number of hydrogen-bond acceptors (Lipinski definition) is 1. The van der Waals surface area contributed by atoms with Crippen molar-refractivity contribution in [2.45, 2.75) is 6.92 Å². The van der Waals surface area contributed by atoms with Crippen LogP contribution >= 0.6 is 0 Å². The van der Waals surface area contributed by atoms with E-state index in [1.54, 1.807) is 0 Å². The van der Waals surface area contributed by atoms with E-state index in [0.29, 0.717) is 6.54 Å². The second kappa shape index (κ2) is 5.01. The number of azide groups is 1. The summed E-state index contributed by atoms with van der Waals surface area (Å²) in [6.45, 7) is 2.45. The van der Waals surface area contributed by atoms with Gasteiger partial charge in [-0.25, -0.2) is 0 Å². The Morgan fingerprint density at radius 3 is 3.08 bits per heavy atom. The van der Waals surface area contributed by atoms with Crippen LogP contribution in [0.1, 0.15) is 11.1 Å². The third-order valence-electron chi connectivity index (χ3n) is 1.60. The average molecular weight is 173 g/mol. The van der Waals surface area contributed by atoms with E-state index >= 15 is 0 Å². The fourth-order valence-electron chi connectivity index (χ4n) is 1.05. The van der Waals surface area contributed by atoms with Crippen molar-refractivity contribution >= 4 is 6.08 Å². The number of nitrogens with zero attached hydrogens (tertiary/aromatic N) is 3. The molecule has 0 bridgehead atoms. The molecule has 1 rings (SSSR count). The minimum Gasteiger partial charge on any atom is -0.0899 e. The molecule has 0 radical (unpaired) electrons. The van der Waals surface area contributed by atoms with Gasteiger partial charge in [0.25, 0.3) is 0 Å². The van der Waals surface area contributed by atoms with E-state index in [1.165, 1.54) is 5.56 Å². The lowest BCUT2D eigenvalue weighted by Gasteiger charge is -1.94. The van der Waals surface area contributed by atoms with Gasteiger partial charge in [0.2, 0.25) is 0 Å². The van der Waals surface area contributed by atoms with E-state index in [-0.39, 0.29) is 0 Å². The van der Waals surface area contributed by atoms with Crippen molar-refractivity contribution in [1.82, 2.24) is 0 Å². The fraction of sp³-hybridized carbons (Fsp3) is 0.200. The Bertz CT molecular complexity index is 349. The largest absolute Gasteiger partial charge is 0.0899 e. The summed E-state index contributed by atoms with van der Waals surface area (Å²) >= 11 is 0. The summed E-state index contributed by atoms with van der Waals surface area (Å²) in [6.07, 6.45) is 3.79. The minimum atomic E-state index is 0.407. The summed E-state index contributed by atoms with van der Waals surface area (Å²) in [6, 6.07) is 8.14. The van der Waals surface area contributed by atoms with Crippen molar-refractivity contribution in [3.63, 3.8) is 0 Å². The van der Waals surface area contributed by atoms with E-state index in [1.807, 2.05) is 37.3 Å². The number of benzene rings is 1. The summed E-state index contributed by atoms with van der Waals surface area (Å²) in [5.41, 5.74) is 10.4. The van der Waals surface area contributed by atoms with Crippen LogP contribution in [0, 0.1) is 6.92 Å².